The van der Waals surface area contributed by atoms with E-state index in [1.54, 1.807) is 6.07 Å². The number of rotatable bonds is 3. The minimum atomic E-state index is -0.0460. The largest absolute Gasteiger partial charge is 0.398 e. The molecule has 3 nitrogen and oxygen atoms in total. The summed E-state index contributed by atoms with van der Waals surface area (Å²) in [6, 6.07) is 5.57. The smallest absolute Gasteiger partial charge is 0.253 e. The van der Waals surface area contributed by atoms with Gasteiger partial charge in [-0.1, -0.05) is 31.4 Å². The molecule has 1 fully saturated rings. The minimum absolute atomic E-state index is 0.0460. The number of aryl methyl sites for hydroxylation is 1. The Bertz CT molecular complexity index is 442. The van der Waals surface area contributed by atoms with E-state index in [9.17, 15) is 4.79 Å². The highest BCUT2D eigenvalue weighted by atomic mass is 16.1. The second-order valence-electron chi connectivity index (χ2n) is 5.47. The molecule has 1 aliphatic carbocycles. The third-order valence-corrected chi connectivity index (χ3v) is 4.02. The Balaban J connectivity index is 1.97. The first-order valence-electron chi connectivity index (χ1n) is 6.72. The highest BCUT2D eigenvalue weighted by molar-refractivity contribution is 5.99. The van der Waals surface area contributed by atoms with Crippen LogP contribution in [0.15, 0.2) is 18.2 Å². The summed E-state index contributed by atoms with van der Waals surface area (Å²) in [4.78, 5) is 12.1. The van der Waals surface area contributed by atoms with Crippen molar-refractivity contribution in [1.29, 1.82) is 0 Å². The summed E-state index contributed by atoms with van der Waals surface area (Å²) in [5.41, 5.74) is 8.05. The normalized spacial score (nSPS) is 23.0. The fourth-order valence-corrected chi connectivity index (χ4v) is 2.71. The fraction of sp³-hybridized carbons (Fsp3) is 0.533. The molecule has 3 N–H and O–H groups in total. The number of anilines is 1. The molecule has 1 aliphatic rings. The van der Waals surface area contributed by atoms with Crippen molar-refractivity contribution in [2.75, 3.05) is 12.3 Å². The van der Waals surface area contributed by atoms with Gasteiger partial charge >= 0.3 is 0 Å². The Labute approximate surface area is 109 Å². The first-order valence-corrected chi connectivity index (χ1v) is 6.72. The van der Waals surface area contributed by atoms with Crippen LogP contribution in [0.5, 0.6) is 0 Å². The van der Waals surface area contributed by atoms with Crippen molar-refractivity contribution in [3.8, 4) is 0 Å². The number of nitrogens with one attached hydrogen (secondary N) is 1. The number of nitrogen functional groups attached to an aromatic ring is 1. The maximum absolute atomic E-state index is 12.1. The van der Waals surface area contributed by atoms with E-state index in [1.165, 1.54) is 19.3 Å². The highest BCUT2D eigenvalue weighted by Gasteiger charge is 2.23. The van der Waals surface area contributed by atoms with Gasteiger partial charge in [-0.15, -0.1) is 0 Å². The van der Waals surface area contributed by atoms with Crippen molar-refractivity contribution in [3.05, 3.63) is 29.3 Å². The molecular formula is C15H22N2O. The van der Waals surface area contributed by atoms with E-state index in [4.69, 9.17) is 5.73 Å². The Morgan fingerprint density at radius 1 is 1.44 bits per heavy atom. The number of hydrogen-bond donors (Lipinski definition) is 2. The molecule has 1 saturated carbocycles. The highest BCUT2D eigenvalue weighted by Crippen LogP contribution is 2.30. The topological polar surface area (TPSA) is 55.1 Å². The van der Waals surface area contributed by atoms with E-state index in [-0.39, 0.29) is 5.91 Å². The molecule has 3 heteroatoms. The van der Waals surface area contributed by atoms with E-state index in [1.807, 2.05) is 19.1 Å². The van der Waals surface area contributed by atoms with Gasteiger partial charge in [0.05, 0.1) is 5.56 Å². The van der Waals surface area contributed by atoms with Gasteiger partial charge in [0.2, 0.25) is 0 Å². The molecule has 2 atom stereocenters. The molecule has 0 spiro atoms. The van der Waals surface area contributed by atoms with Crippen LogP contribution in [0.2, 0.25) is 0 Å². The van der Waals surface area contributed by atoms with Gasteiger partial charge in [0.1, 0.15) is 0 Å². The lowest BCUT2D eigenvalue weighted by Crippen LogP contribution is -2.30. The first kappa shape index (κ1) is 12.9. The summed E-state index contributed by atoms with van der Waals surface area (Å²) in [7, 11) is 0. The average Bonchev–Trinajstić information content (AvgIpc) is 2.75. The predicted molar refractivity (Wildman–Crippen MR) is 74.4 cm³/mol. The van der Waals surface area contributed by atoms with Crippen LogP contribution >= 0.6 is 0 Å². The number of amides is 1. The van der Waals surface area contributed by atoms with Crippen molar-refractivity contribution in [2.24, 2.45) is 11.8 Å². The lowest BCUT2D eigenvalue weighted by molar-refractivity contribution is 0.0945. The van der Waals surface area contributed by atoms with E-state index in [0.717, 1.165) is 18.0 Å². The number of hydrogen-bond acceptors (Lipinski definition) is 2. The van der Waals surface area contributed by atoms with Crippen LogP contribution in [0.3, 0.4) is 0 Å². The van der Waals surface area contributed by atoms with E-state index in [2.05, 4.69) is 12.2 Å². The Morgan fingerprint density at radius 2 is 2.22 bits per heavy atom. The summed E-state index contributed by atoms with van der Waals surface area (Å²) < 4.78 is 0. The standard InChI is InChI=1S/C15H22N2O/c1-10-6-7-14(16)13(8-10)15(18)17-9-12-5-3-4-11(12)2/h6-8,11-12H,3-5,9,16H2,1-2H3,(H,17,18). The van der Waals surface area contributed by atoms with Crippen LogP contribution < -0.4 is 11.1 Å². The van der Waals surface area contributed by atoms with Gasteiger partial charge in [0, 0.05) is 12.2 Å². The average molecular weight is 246 g/mol. The monoisotopic (exact) mass is 246 g/mol. The SMILES string of the molecule is Cc1ccc(N)c(C(=O)NCC2CCCC2C)c1. The molecule has 98 valence electrons. The summed E-state index contributed by atoms with van der Waals surface area (Å²) in [5, 5.41) is 3.02. The maximum atomic E-state index is 12.1. The number of nitrogens with two attached hydrogens (primary N) is 1. The molecular weight excluding hydrogens is 224 g/mol. The maximum Gasteiger partial charge on any atom is 0.253 e. The van der Waals surface area contributed by atoms with Crippen molar-refractivity contribution in [2.45, 2.75) is 33.1 Å². The van der Waals surface area contributed by atoms with Crippen LogP contribution in [0.25, 0.3) is 0 Å². The first-order chi connectivity index (χ1) is 8.58. The molecule has 1 aromatic carbocycles. The quantitative estimate of drug-likeness (QED) is 0.806. The second kappa shape index (κ2) is 5.42. The minimum Gasteiger partial charge on any atom is -0.398 e. The Kier molecular flexibility index (Phi) is 3.90. The van der Waals surface area contributed by atoms with Crippen LogP contribution in [-0.2, 0) is 0 Å². The van der Waals surface area contributed by atoms with Crippen molar-refractivity contribution in [3.63, 3.8) is 0 Å². The van der Waals surface area contributed by atoms with E-state index >= 15 is 0 Å². The molecule has 0 aromatic heterocycles. The van der Waals surface area contributed by atoms with E-state index in [0.29, 0.717) is 17.2 Å². The molecule has 1 aromatic rings. The van der Waals surface area contributed by atoms with Gasteiger partial charge in [-0.3, -0.25) is 4.79 Å². The summed E-state index contributed by atoms with van der Waals surface area (Å²) in [6.45, 7) is 5.01. The molecule has 1 amide bonds. The van der Waals surface area contributed by atoms with Gasteiger partial charge in [-0.25, -0.2) is 0 Å². The molecule has 0 bridgehead atoms. The van der Waals surface area contributed by atoms with E-state index < -0.39 is 0 Å². The Hall–Kier alpha value is -1.51. The fourth-order valence-electron chi connectivity index (χ4n) is 2.71. The number of carbonyl (C=O) groups excluding carboxylic acids is 1. The zero-order valence-electron chi connectivity index (χ0n) is 11.2. The number of carbonyl (C=O) groups is 1. The third kappa shape index (κ3) is 2.84. The van der Waals surface area contributed by atoms with Crippen molar-refractivity contribution >= 4 is 11.6 Å². The molecule has 0 saturated heterocycles. The van der Waals surface area contributed by atoms with Gasteiger partial charge in [-0.2, -0.15) is 0 Å². The third-order valence-electron chi connectivity index (χ3n) is 4.02. The lowest BCUT2D eigenvalue weighted by Gasteiger charge is -2.16. The second-order valence-corrected chi connectivity index (χ2v) is 5.47. The van der Waals surface area contributed by atoms with Gasteiger partial charge in [0.15, 0.2) is 0 Å². The molecule has 0 heterocycles. The van der Waals surface area contributed by atoms with Crippen LogP contribution in [0.4, 0.5) is 5.69 Å². The summed E-state index contributed by atoms with van der Waals surface area (Å²) >= 11 is 0. The predicted octanol–water partition coefficient (Wildman–Crippen LogP) is 2.74. The van der Waals surface area contributed by atoms with Gasteiger partial charge in [-0.05, 0) is 37.3 Å². The molecule has 18 heavy (non-hydrogen) atoms. The molecule has 2 rings (SSSR count). The Morgan fingerprint density at radius 3 is 2.89 bits per heavy atom. The molecule has 0 aliphatic heterocycles. The zero-order valence-corrected chi connectivity index (χ0v) is 11.2. The van der Waals surface area contributed by atoms with Crippen LogP contribution in [0.1, 0.15) is 42.1 Å². The number of benzene rings is 1. The van der Waals surface area contributed by atoms with Crippen molar-refractivity contribution in [1.82, 2.24) is 5.32 Å². The zero-order chi connectivity index (χ0) is 13.1. The van der Waals surface area contributed by atoms with Gasteiger partial charge in [0.25, 0.3) is 5.91 Å². The molecule has 0 radical (unpaired) electrons. The van der Waals surface area contributed by atoms with Crippen LogP contribution in [-0.4, -0.2) is 12.5 Å². The van der Waals surface area contributed by atoms with Gasteiger partial charge < -0.3 is 11.1 Å². The lowest BCUT2D eigenvalue weighted by atomic mass is 9.98. The van der Waals surface area contributed by atoms with Crippen LogP contribution in [0, 0.1) is 18.8 Å². The van der Waals surface area contributed by atoms with Crippen molar-refractivity contribution < 1.29 is 4.79 Å². The summed E-state index contributed by atoms with van der Waals surface area (Å²) in [5.74, 6) is 1.30. The molecule has 2 unspecified atom stereocenters. The summed E-state index contributed by atoms with van der Waals surface area (Å²) in [6.07, 6.45) is 3.80.